The number of amides is 1. The molecule has 8 heteroatoms. The molecule has 108 valence electrons. The Hall–Kier alpha value is -1.82. The lowest BCUT2D eigenvalue weighted by Gasteiger charge is -2.07. The predicted molar refractivity (Wildman–Crippen MR) is 82.5 cm³/mol. The van der Waals surface area contributed by atoms with E-state index in [4.69, 9.17) is 34.8 Å². The van der Waals surface area contributed by atoms with Crippen molar-refractivity contribution in [2.45, 2.75) is 0 Å². The van der Waals surface area contributed by atoms with E-state index in [-0.39, 0.29) is 21.3 Å². The molecule has 0 saturated carbocycles. The van der Waals surface area contributed by atoms with E-state index in [1.165, 1.54) is 24.3 Å². The predicted octanol–water partition coefficient (Wildman–Crippen LogP) is 4.81. The Bertz CT molecular complexity index is 735. The summed E-state index contributed by atoms with van der Waals surface area (Å²) < 4.78 is 0. The van der Waals surface area contributed by atoms with Gasteiger partial charge in [-0.1, -0.05) is 34.8 Å². The molecule has 2 aromatic carbocycles. The van der Waals surface area contributed by atoms with E-state index in [0.717, 1.165) is 6.07 Å². The molecule has 0 aromatic heterocycles. The normalized spacial score (nSPS) is 10.2. The fourth-order valence-electron chi connectivity index (χ4n) is 1.57. The van der Waals surface area contributed by atoms with E-state index < -0.39 is 10.8 Å². The maximum atomic E-state index is 12.1. The summed E-state index contributed by atoms with van der Waals surface area (Å²) in [7, 11) is 0. The van der Waals surface area contributed by atoms with Crippen LogP contribution in [0.1, 0.15) is 10.4 Å². The van der Waals surface area contributed by atoms with Crippen LogP contribution in [0.2, 0.25) is 15.1 Å². The number of nitro groups is 1. The van der Waals surface area contributed by atoms with Gasteiger partial charge in [-0.2, -0.15) is 0 Å². The molecule has 0 aliphatic heterocycles. The van der Waals surface area contributed by atoms with E-state index in [0.29, 0.717) is 10.7 Å². The van der Waals surface area contributed by atoms with Crippen molar-refractivity contribution in [3.05, 3.63) is 67.1 Å². The highest BCUT2D eigenvalue weighted by atomic mass is 35.5. The SMILES string of the molecule is O=C(Nc1ccc(Cl)c(Cl)c1)c1cc([N+](=O)[O-])ccc1Cl. The number of rotatable bonds is 3. The van der Waals surface area contributed by atoms with Gasteiger partial charge in [-0.25, -0.2) is 0 Å². The number of nitro benzene ring substituents is 1. The molecule has 0 saturated heterocycles. The Morgan fingerprint density at radius 2 is 1.67 bits per heavy atom. The molecule has 21 heavy (non-hydrogen) atoms. The molecular weight excluding hydrogens is 339 g/mol. The van der Waals surface area contributed by atoms with Crippen LogP contribution >= 0.6 is 34.8 Å². The van der Waals surface area contributed by atoms with Gasteiger partial charge in [0.1, 0.15) is 0 Å². The molecule has 0 heterocycles. The lowest BCUT2D eigenvalue weighted by atomic mass is 10.2. The van der Waals surface area contributed by atoms with Crippen LogP contribution in [-0.2, 0) is 0 Å². The molecule has 1 N–H and O–H groups in total. The fourth-order valence-corrected chi connectivity index (χ4v) is 2.07. The van der Waals surface area contributed by atoms with E-state index in [1.807, 2.05) is 0 Å². The van der Waals surface area contributed by atoms with Crippen LogP contribution in [0, 0.1) is 10.1 Å². The minimum Gasteiger partial charge on any atom is -0.322 e. The third kappa shape index (κ3) is 3.64. The van der Waals surface area contributed by atoms with Crippen molar-refractivity contribution >= 4 is 52.1 Å². The molecule has 0 radical (unpaired) electrons. The Kier molecular flexibility index (Phi) is 4.67. The summed E-state index contributed by atoms with van der Waals surface area (Å²) in [5.74, 6) is -0.581. The summed E-state index contributed by atoms with van der Waals surface area (Å²) in [6.07, 6.45) is 0. The highest BCUT2D eigenvalue weighted by Crippen LogP contribution is 2.27. The maximum absolute atomic E-state index is 12.1. The van der Waals surface area contributed by atoms with E-state index >= 15 is 0 Å². The van der Waals surface area contributed by atoms with Crippen LogP contribution in [0.4, 0.5) is 11.4 Å². The van der Waals surface area contributed by atoms with Gasteiger partial charge in [0.15, 0.2) is 0 Å². The number of hydrogen-bond donors (Lipinski definition) is 1. The van der Waals surface area contributed by atoms with Crippen LogP contribution in [-0.4, -0.2) is 10.8 Å². The second-order valence-corrected chi connectivity index (χ2v) is 5.23. The van der Waals surface area contributed by atoms with Crippen LogP contribution < -0.4 is 5.32 Å². The number of benzene rings is 2. The first-order chi connectivity index (χ1) is 9.88. The Balaban J connectivity index is 2.29. The van der Waals surface area contributed by atoms with Crippen molar-refractivity contribution in [1.29, 1.82) is 0 Å². The average Bonchev–Trinajstić information content (AvgIpc) is 2.43. The highest BCUT2D eigenvalue weighted by molar-refractivity contribution is 6.42. The van der Waals surface area contributed by atoms with Crippen LogP contribution in [0.3, 0.4) is 0 Å². The summed E-state index contributed by atoms with van der Waals surface area (Å²) in [5, 5.41) is 14.0. The molecule has 2 aromatic rings. The smallest absolute Gasteiger partial charge is 0.270 e. The zero-order valence-corrected chi connectivity index (χ0v) is 12.5. The van der Waals surface area contributed by atoms with Gasteiger partial charge in [-0.05, 0) is 24.3 Å². The molecule has 0 atom stereocenters. The standard InChI is InChI=1S/C13H7Cl3N2O3/c14-10-4-2-8(18(20)21)6-9(10)13(19)17-7-1-3-11(15)12(16)5-7/h1-6H,(H,17,19). The van der Waals surface area contributed by atoms with E-state index in [2.05, 4.69) is 5.32 Å². The number of hydrogen-bond acceptors (Lipinski definition) is 3. The zero-order valence-electron chi connectivity index (χ0n) is 10.3. The number of non-ortho nitro benzene ring substituents is 1. The second-order valence-electron chi connectivity index (χ2n) is 4.00. The average molecular weight is 346 g/mol. The van der Waals surface area contributed by atoms with Gasteiger partial charge in [-0.15, -0.1) is 0 Å². The summed E-state index contributed by atoms with van der Waals surface area (Å²) in [6, 6.07) is 8.16. The number of nitrogens with one attached hydrogen (secondary N) is 1. The molecular formula is C13H7Cl3N2O3. The Morgan fingerprint density at radius 1 is 1.00 bits per heavy atom. The summed E-state index contributed by atoms with van der Waals surface area (Å²) >= 11 is 17.5. The summed E-state index contributed by atoms with van der Waals surface area (Å²) in [6.45, 7) is 0. The monoisotopic (exact) mass is 344 g/mol. The van der Waals surface area contributed by atoms with E-state index in [1.54, 1.807) is 6.07 Å². The van der Waals surface area contributed by atoms with Crippen LogP contribution in [0.25, 0.3) is 0 Å². The Labute approximate surface area is 134 Å². The van der Waals surface area contributed by atoms with Gasteiger partial charge in [0.25, 0.3) is 11.6 Å². The van der Waals surface area contributed by atoms with Crippen molar-refractivity contribution in [1.82, 2.24) is 0 Å². The third-order valence-corrected chi connectivity index (χ3v) is 3.65. The first kappa shape index (κ1) is 15.6. The van der Waals surface area contributed by atoms with Gasteiger partial charge in [0, 0.05) is 17.8 Å². The quantitative estimate of drug-likeness (QED) is 0.641. The zero-order chi connectivity index (χ0) is 15.6. The van der Waals surface area contributed by atoms with Crippen molar-refractivity contribution < 1.29 is 9.72 Å². The van der Waals surface area contributed by atoms with Gasteiger partial charge in [0.2, 0.25) is 0 Å². The Morgan fingerprint density at radius 3 is 2.29 bits per heavy atom. The molecule has 0 spiro atoms. The van der Waals surface area contributed by atoms with Crippen molar-refractivity contribution in [2.75, 3.05) is 5.32 Å². The number of carbonyl (C=O) groups excluding carboxylic acids is 1. The van der Waals surface area contributed by atoms with Crippen LogP contribution in [0.5, 0.6) is 0 Å². The van der Waals surface area contributed by atoms with Crippen molar-refractivity contribution in [3.8, 4) is 0 Å². The van der Waals surface area contributed by atoms with Crippen molar-refractivity contribution in [3.63, 3.8) is 0 Å². The van der Waals surface area contributed by atoms with E-state index in [9.17, 15) is 14.9 Å². The maximum Gasteiger partial charge on any atom is 0.270 e. The molecule has 2 rings (SSSR count). The van der Waals surface area contributed by atoms with Crippen molar-refractivity contribution in [2.24, 2.45) is 0 Å². The molecule has 0 bridgehead atoms. The largest absolute Gasteiger partial charge is 0.322 e. The van der Waals surface area contributed by atoms with Gasteiger partial charge in [-0.3, -0.25) is 14.9 Å². The second kappa shape index (κ2) is 6.30. The summed E-state index contributed by atoms with van der Waals surface area (Å²) in [4.78, 5) is 22.2. The fraction of sp³-hybridized carbons (Fsp3) is 0. The van der Waals surface area contributed by atoms with Crippen LogP contribution in [0.15, 0.2) is 36.4 Å². The molecule has 0 fully saturated rings. The highest BCUT2D eigenvalue weighted by Gasteiger charge is 2.16. The number of carbonyl (C=O) groups is 1. The number of anilines is 1. The molecule has 0 unspecified atom stereocenters. The minimum absolute atomic E-state index is 0.00283. The number of nitrogens with zero attached hydrogens (tertiary/aromatic N) is 1. The first-order valence-electron chi connectivity index (χ1n) is 5.59. The molecule has 1 amide bonds. The lowest BCUT2D eigenvalue weighted by molar-refractivity contribution is -0.384. The molecule has 5 nitrogen and oxygen atoms in total. The topological polar surface area (TPSA) is 72.2 Å². The third-order valence-electron chi connectivity index (χ3n) is 2.58. The first-order valence-corrected chi connectivity index (χ1v) is 6.72. The lowest BCUT2D eigenvalue weighted by Crippen LogP contribution is -2.12. The van der Waals surface area contributed by atoms with Gasteiger partial charge >= 0.3 is 0 Å². The van der Waals surface area contributed by atoms with Gasteiger partial charge < -0.3 is 5.32 Å². The summed E-state index contributed by atoms with van der Waals surface area (Å²) in [5.41, 5.74) is 0.174. The number of halogens is 3. The minimum atomic E-state index is -0.605. The molecule has 0 aliphatic carbocycles. The van der Waals surface area contributed by atoms with Gasteiger partial charge in [0.05, 0.1) is 25.6 Å². The molecule has 0 aliphatic rings.